The van der Waals surface area contributed by atoms with Gasteiger partial charge in [0.1, 0.15) is 17.9 Å². The molecule has 0 bridgehead atoms. The van der Waals surface area contributed by atoms with Crippen molar-refractivity contribution in [2.45, 2.75) is 20.3 Å². The molecule has 2 rings (SSSR count). The van der Waals surface area contributed by atoms with Gasteiger partial charge in [0.2, 0.25) is 11.8 Å². The van der Waals surface area contributed by atoms with Crippen LogP contribution in [0.2, 0.25) is 5.02 Å². The second-order valence-electron chi connectivity index (χ2n) is 5.78. The number of benzene rings is 2. The van der Waals surface area contributed by atoms with Crippen molar-refractivity contribution in [2.75, 3.05) is 24.9 Å². The lowest BCUT2D eigenvalue weighted by atomic mass is 10.1. The van der Waals surface area contributed by atoms with Crippen LogP contribution in [0, 0.1) is 13.8 Å². The predicted octanol–water partition coefficient (Wildman–Crippen LogP) is 3.94. The highest BCUT2D eigenvalue weighted by Crippen LogP contribution is 2.35. The Hall–Kier alpha value is -2.73. The van der Waals surface area contributed by atoms with E-state index in [2.05, 4.69) is 10.6 Å². The molecule has 0 fully saturated rings. The fraction of sp³-hybridized carbons (Fsp3) is 0.263. The summed E-state index contributed by atoms with van der Waals surface area (Å²) in [4.78, 5) is 24.4. The first kappa shape index (κ1) is 19.6. The maximum atomic E-state index is 12.2. The van der Waals surface area contributed by atoms with Crippen molar-refractivity contribution in [3.63, 3.8) is 0 Å². The van der Waals surface area contributed by atoms with Gasteiger partial charge in [-0.25, -0.2) is 0 Å². The molecule has 0 aliphatic rings. The van der Waals surface area contributed by atoms with Crippen LogP contribution in [0.25, 0.3) is 0 Å². The van der Waals surface area contributed by atoms with Gasteiger partial charge >= 0.3 is 0 Å². The van der Waals surface area contributed by atoms with Crippen LogP contribution in [0.4, 0.5) is 11.4 Å². The minimum absolute atomic E-state index is 0.332. The van der Waals surface area contributed by atoms with E-state index in [9.17, 15) is 9.59 Å². The molecule has 0 heterocycles. The zero-order valence-corrected chi connectivity index (χ0v) is 15.9. The van der Waals surface area contributed by atoms with Crippen molar-refractivity contribution in [1.82, 2.24) is 0 Å². The summed E-state index contributed by atoms with van der Waals surface area (Å²) in [7, 11) is 2.93. The molecular formula is C19H21ClN2O4. The Kier molecular flexibility index (Phi) is 6.46. The van der Waals surface area contributed by atoms with Gasteiger partial charge in [0.05, 0.1) is 24.9 Å². The highest BCUT2D eigenvalue weighted by molar-refractivity contribution is 6.32. The SMILES string of the molecule is COc1cc(NC(=O)CC(=O)Nc2cc(C)ccc2C)c(OC)cc1Cl. The van der Waals surface area contributed by atoms with Crippen LogP contribution in [-0.4, -0.2) is 26.0 Å². The fourth-order valence-electron chi connectivity index (χ4n) is 2.36. The molecule has 0 aliphatic heterocycles. The quantitative estimate of drug-likeness (QED) is 0.748. The van der Waals surface area contributed by atoms with Gasteiger partial charge in [0, 0.05) is 17.8 Å². The van der Waals surface area contributed by atoms with Gasteiger partial charge in [-0.1, -0.05) is 23.7 Å². The average Bonchev–Trinajstić information content (AvgIpc) is 2.59. The summed E-state index contributed by atoms with van der Waals surface area (Å²) in [6, 6.07) is 8.81. The number of aryl methyl sites for hydroxylation is 2. The highest BCUT2D eigenvalue weighted by Gasteiger charge is 2.15. The molecule has 138 valence electrons. The number of carbonyl (C=O) groups excluding carboxylic acids is 2. The van der Waals surface area contributed by atoms with Crippen molar-refractivity contribution in [1.29, 1.82) is 0 Å². The van der Waals surface area contributed by atoms with Gasteiger partial charge in [-0.3, -0.25) is 9.59 Å². The molecule has 2 aromatic rings. The summed E-state index contributed by atoms with van der Waals surface area (Å²) in [6.07, 6.45) is -0.332. The standard InChI is InChI=1S/C19H21ClN2O4/c1-11-5-6-12(2)14(7-11)21-18(23)10-19(24)22-15-9-16(25-3)13(20)8-17(15)26-4/h5-9H,10H2,1-4H3,(H,21,23)(H,22,24). The summed E-state index contributed by atoms with van der Waals surface area (Å²) >= 11 is 6.04. The molecule has 0 aliphatic carbocycles. The van der Waals surface area contributed by atoms with Gasteiger partial charge in [-0.05, 0) is 31.0 Å². The normalized spacial score (nSPS) is 10.2. The Labute approximate surface area is 157 Å². The van der Waals surface area contributed by atoms with E-state index in [0.29, 0.717) is 27.9 Å². The van der Waals surface area contributed by atoms with E-state index < -0.39 is 11.8 Å². The Balaban J connectivity index is 2.06. The number of ether oxygens (including phenoxy) is 2. The number of hydrogen-bond acceptors (Lipinski definition) is 4. The van der Waals surface area contributed by atoms with Crippen LogP contribution in [-0.2, 0) is 9.59 Å². The summed E-state index contributed by atoms with van der Waals surface area (Å²) < 4.78 is 10.3. The summed E-state index contributed by atoms with van der Waals surface area (Å²) in [5.41, 5.74) is 3.01. The zero-order chi connectivity index (χ0) is 19.3. The predicted molar refractivity (Wildman–Crippen MR) is 102 cm³/mol. The zero-order valence-electron chi connectivity index (χ0n) is 15.1. The Bertz CT molecular complexity index is 837. The molecule has 26 heavy (non-hydrogen) atoms. The van der Waals surface area contributed by atoms with Crippen LogP contribution in [0.5, 0.6) is 11.5 Å². The lowest BCUT2D eigenvalue weighted by Gasteiger charge is -2.13. The topological polar surface area (TPSA) is 76.7 Å². The van der Waals surface area contributed by atoms with E-state index in [1.807, 2.05) is 32.0 Å². The molecular weight excluding hydrogens is 356 g/mol. The van der Waals surface area contributed by atoms with Crippen molar-refractivity contribution < 1.29 is 19.1 Å². The van der Waals surface area contributed by atoms with Crippen molar-refractivity contribution in [3.05, 3.63) is 46.5 Å². The molecule has 0 saturated heterocycles. The lowest BCUT2D eigenvalue weighted by Crippen LogP contribution is -2.22. The van der Waals surface area contributed by atoms with Crippen molar-refractivity contribution in [3.8, 4) is 11.5 Å². The number of methoxy groups -OCH3 is 2. The molecule has 6 nitrogen and oxygen atoms in total. The van der Waals surface area contributed by atoms with Gasteiger partial charge < -0.3 is 20.1 Å². The molecule has 0 saturated carbocycles. The third-order valence-electron chi connectivity index (χ3n) is 3.74. The molecule has 7 heteroatoms. The maximum Gasteiger partial charge on any atom is 0.233 e. The first-order valence-corrected chi connectivity index (χ1v) is 8.30. The van der Waals surface area contributed by atoms with Gasteiger partial charge in [-0.15, -0.1) is 0 Å². The van der Waals surface area contributed by atoms with Crippen LogP contribution >= 0.6 is 11.6 Å². The average molecular weight is 377 g/mol. The number of nitrogens with one attached hydrogen (secondary N) is 2. The van der Waals surface area contributed by atoms with Crippen LogP contribution in [0.3, 0.4) is 0 Å². The summed E-state index contributed by atoms with van der Waals surface area (Å²) in [5, 5.41) is 5.75. The molecule has 2 N–H and O–H groups in total. The first-order chi connectivity index (χ1) is 12.3. The lowest BCUT2D eigenvalue weighted by molar-refractivity contribution is -0.123. The molecule has 0 atom stereocenters. The second kappa shape index (κ2) is 8.58. The van der Waals surface area contributed by atoms with Crippen molar-refractivity contribution >= 4 is 34.8 Å². The minimum Gasteiger partial charge on any atom is -0.495 e. The smallest absolute Gasteiger partial charge is 0.233 e. The first-order valence-electron chi connectivity index (χ1n) is 7.92. The van der Waals surface area contributed by atoms with Gasteiger partial charge in [-0.2, -0.15) is 0 Å². The van der Waals surface area contributed by atoms with Crippen LogP contribution in [0.15, 0.2) is 30.3 Å². The van der Waals surface area contributed by atoms with Crippen molar-refractivity contribution in [2.24, 2.45) is 0 Å². The van der Waals surface area contributed by atoms with Gasteiger partial charge in [0.25, 0.3) is 0 Å². The largest absolute Gasteiger partial charge is 0.495 e. The fourth-order valence-corrected chi connectivity index (χ4v) is 2.59. The van der Waals surface area contributed by atoms with Gasteiger partial charge in [0.15, 0.2) is 0 Å². The summed E-state index contributed by atoms with van der Waals surface area (Å²) in [5.74, 6) is -0.117. The number of halogens is 1. The highest BCUT2D eigenvalue weighted by atomic mass is 35.5. The number of amides is 2. The molecule has 2 amide bonds. The monoisotopic (exact) mass is 376 g/mol. The third kappa shape index (κ3) is 4.89. The number of hydrogen-bond donors (Lipinski definition) is 2. The molecule has 2 aromatic carbocycles. The molecule has 0 aromatic heterocycles. The Morgan fingerprint density at radius 1 is 0.923 bits per heavy atom. The van der Waals surface area contributed by atoms with E-state index in [-0.39, 0.29) is 6.42 Å². The molecule has 0 unspecified atom stereocenters. The Morgan fingerprint density at radius 3 is 2.15 bits per heavy atom. The number of anilines is 2. The summed E-state index contributed by atoms with van der Waals surface area (Å²) in [6.45, 7) is 3.82. The molecule has 0 radical (unpaired) electrons. The number of rotatable bonds is 6. The third-order valence-corrected chi connectivity index (χ3v) is 4.03. The van der Waals surface area contributed by atoms with E-state index in [4.69, 9.17) is 21.1 Å². The van der Waals surface area contributed by atoms with E-state index in [0.717, 1.165) is 11.1 Å². The number of carbonyl (C=O) groups is 2. The van der Waals surface area contributed by atoms with E-state index in [1.165, 1.54) is 20.3 Å². The minimum atomic E-state index is -0.476. The van der Waals surface area contributed by atoms with Crippen LogP contribution < -0.4 is 20.1 Å². The van der Waals surface area contributed by atoms with E-state index in [1.54, 1.807) is 6.07 Å². The maximum absolute atomic E-state index is 12.2. The molecule has 0 spiro atoms. The Morgan fingerprint density at radius 2 is 1.54 bits per heavy atom. The van der Waals surface area contributed by atoms with E-state index >= 15 is 0 Å². The van der Waals surface area contributed by atoms with Crippen LogP contribution in [0.1, 0.15) is 17.5 Å². The second-order valence-corrected chi connectivity index (χ2v) is 6.19.